The van der Waals surface area contributed by atoms with Crippen molar-refractivity contribution in [3.05, 3.63) is 76.5 Å². The molecule has 0 aliphatic rings. The van der Waals surface area contributed by atoms with Crippen molar-refractivity contribution in [1.82, 2.24) is 10.3 Å². The number of hydrogen-bond donors (Lipinski definition) is 2. The molecule has 5 heteroatoms. The molecule has 0 bridgehead atoms. The van der Waals surface area contributed by atoms with Gasteiger partial charge in [0.05, 0.1) is 11.9 Å². The Kier molecular flexibility index (Phi) is 4.98. The standard InChI is InChI=1S/C21H21N3O2/c1-13-17-8-3-4-9-19(17)24-14(2)18(13)11-20(25)23-12-15-6-5-7-16(10-15)21(22)26/h3-10H,11-12H2,1-2H3,(H2,22,26)(H,23,25). The quantitative estimate of drug-likeness (QED) is 0.744. The molecule has 3 aromatic rings. The molecule has 0 aliphatic heterocycles. The number of para-hydroxylation sites is 1. The lowest BCUT2D eigenvalue weighted by Gasteiger charge is -2.13. The van der Waals surface area contributed by atoms with Gasteiger partial charge in [0.2, 0.25) is 11.8 Å². The van der Waals surface area contributed by atoms with E-state index in [2.05, 4.69) is 10.3 Å². The molecule has 2 amide bonds. The second-order valence-corrected chi connectivity index (χ2v) is 6.34. The van der Waals surface area contributed by atoms with Crippen molar-refractivity contribution in [1.29, 1.82) is 0 Å². The van der Waals surface area contributed by atoms with E-state index in [4.69, 9.17) is 5.73 Å². The van der Waals surface area contributed by atoms with Crippen LogP contribution in [0.25, 0.3) is 10.9 Å². The summed E-state index contributed by atoms with van der Waals surface area (Å²) in [5.74, 6) is -0.565. The van der Waals surface area contributed by atoms with Gasteiger partial charge in [-0.25, -0.2) is 0 Å². The van der Waals surface area contributed by atoms with Crippen LogP contribution in [0.1, 0.15) is 32.7 Å². The number of primary amides is 1. The summed E-state index contributed by atoms with van der Waals surface area (Å²) >= 11 is 0. The van der Waals surface area contributed by atoms with Gasteiger partial charge in [0, 0.05) is 23.2 Å². The van der Waals surface area contributed by atoms with Crippen LogP contribution in [-0.2, 0) is 17.8 Å². The number of carbonyl (C=O) groups excluding carboxylic acids is 2. The highest BCUT2D eigenvalue weighted by Gasteiger charge is 2.13. The molecule has 1 heterocycles. The zero-order chi connectivity index (χ0) is 18.7. The third kappa shape index (κ3) is 3.72. The van der Waals surface area contributed by atoms with Crippen molar-refractivity contribution in [2.75, 3.05) is 0 Å². The van der Waals surface area contributed by atoms with Crippen LogP contribution < -0.4 is 11.1 Å². The first-order valence-electron chi connectivity index (χ1n) is 8.46. The lowest BCUT2D eigenvalue weighted by atomic mass is 9.99. The molecule has 0 spiro atoms. The highest BCUT2D eigenvalue weighted by atomic mass is 16.1. The lowest BCUT2D eigenvalue weighted by molar-refractivity contribution is -0.120. The summed E-state index contributed by atoms with van der Waals surface area (Å²) in [6.45, 7) is 4.30. The van der Waals surface area contributed by atoms with Crippen LogP contribution in [-0.4, -0.2) is 16.8 Å². The summed E-state index contributed by atoms with van der Waals surface area (Å²) in [6.07, 6.45) is 0.269. The average Bonchev–Trinajstić information content (AvgIpc) is 2.63. The minimum atomic E-state index is -0.480. The number of carbonyl (C=O) groups is 2. The van der Waals surface area contributed by atoms with Crippen molar-refractivity contribution in [2.24, 2.45) is 5.73 Å². The van der Waals surface area contributed by atoms with Crippen LogP contribution in [0, 0.1) is 13.8 Å². The molecule has 0 aliphatic carbocycles. The zero-order valence-corrected chi connectivity index (χ0v) is 14.9. The molecule has 26 heavy (non-hydrogen) atoms. The van der Waals surface area contributed by atoms with E-state index in [0.717, 1.165) is 33.3 Å². The molecule has 5 nitrogen and oxygen atoms in total. The maximum absolute atomic E-state index is 12.4. The van der Waals surface area contributed by atoms with Gasteiger partial charge in [-0.2, -0.15) is 0 Å². The molecule has 132 valence electrons. The van der Waals surface area contributed by atoms with Gasteiger partial charge in [0.1, 0.15) is 0 Å². The number of pyridine rings is 1. The average molecular weight is 347 g/mol. The Bertz CT molecular complexity index is 996. The first-order valence-corrected chi connectivity index (χ1v) is 8.46. The van der Waals surface area contributed by atoms with Crippen molar-refractivity contribution >= 4 is 22.7 Å². The fraction of sp³-hybridized carbons (Fsp3) is 0.190. The molecule has 0 unspecified atom stereocenters. The largest absolute Gasteiger partial charge is 0.366 e. The first-order chi connectivity index (χ1) is 12.5. The summed E-state index contributed by atoms with van der Waals surface area (Å²) in [5.41, 5.74) is 10.4. The number of nitrogens with two attached hydrogens (primary N) is 1. The van der Waals surface area contributed by atoms with Gasteiger partial charge < -0.3 is 11.1 Å². The van der Waals surface area contributed by atoms with E-state index in [-0.39, 0.29) is 12.3 Å². The predicted molar refractivity (Wildman–Crippen MR) is 102 cm³/mol. The first kappa shape index (κ1) is 17.6. The molecule has 0 atom stereocenters. The number of amides is 2. The summed E-state index contributed by atoms with van der Waals surface area (Å²) in [6, 6.07) is 14.9. The van der Waals surface area contributed by atoms with E-state index in [0.29, 0.717) is 12.1 Å². The van der Waals surface area contributed by atoms with Gasteiger partial charge in [-0.15, -0.1) is 0 Å². The third-order valence-electron chi connectivity index (χ3n) is 4.52. The van der Waals surface area contributed by atoms with Crippen molar-refractivity contribution < 1.29 is 9.59 Å². The number of fused-ring (bicyclic) bond motifs is 1. The molecule has 0 saturated carbocycles. The van der Waals surface area contributed by atoms with Crippen molar-refractivity contribution in [2.45, 2.75) is 26.8 Å². The molecular weight excluding hydrogens is 326 g/mol. The van der Waals surface area contributed by atoms with E-state index >= 15 is 0 Å². The SMILES string of the molecule is Cc1nc2ccccc2c(C)c1CC(=O)NCc1cccc(C(N)=O)c1. The molecule has 3 N–H and O–H groups in total. The third-order valence-corrected chi connectivity index (χ3v) is 4.52. The van der Waals surface area contributed by atoms with Gasteiger partial charge >= 0.3 is 0 Å². The van der Waals surface area contributed by atoms with Crippen molar-refractivity contribution in [3.63, 3.8) is 0 Å². The predicted octanol–water partition coefficient (Wildman–Crippen LogP) is 2.81. The topological polar surface area (TPSA) is 85.1 Å². The Labute approximate surface area is 152 Å². The second-order valence-electron chi connectivity index (χ2n) is 6.34. The summed E-state index contributed by atoms with van der Waals surface area (Å²) in [5, 5.41) is 3.96. The normalized spacial score (nSPS) is 10.7. The molecular formula is C21H21N3O2. The maximum Gasteiger partial charge on any atom is 0.248 e. The number of hydrogen-bond acceptors (Lipinski definition) is 3. The Morgan fingerprint density at radius 3 is 2.62 bits per heavy atom. The lowest BCUT2D eigenvalue weighted by Crippen LogP contribution is -2.25. The van der Waals surface area contributed by atoms with Crippen LogP contribution in [0.15, 0.2) is 48.5 Å². The maximum atomic E-state index is 12.4. The Balaban J connectivity index is 1.73. The van der Waals surface area contributed by atoms with Crippen LogP contribution in [0.4, 0.5) is 0 Å². The summed E-state index contributed by atoms with van der Waals surface area (Å²) < 4.78 is 0. The van der Waals surface area contributed by atoms with Crippen LogP contribution in [0.2, 0.25) is 0 Å². The highest BCUT2D eigenvalue weighted by molar-refractivity contribution is 5.93. The van der Waals surface area contributed by atoms with Gasteiger partial charge in [0.15, 0.2) is 0 Å². The minimum Gasteiger partial charge on any atom is -0.366 e. The molecule has 0 fully saturated rings. The Morgan fingerprint density at radius 1 is 1.08 bits per heavy atom. The fourth-order valence-electron chi connectivity index (χ4n) is 3.09. The second kappa shape index (κ2) is 7.35. The van der Waals surface area contributed by atoms with Crippen LogP contribution in [0.5, 0.6) is 0 Å². The number of aromatic nitrogens is 1. The van der Waals surface area contributed by atoms with E-state index in [1.165, 1.54) is 0 Å². The number of benzene rings is 2. The highest BCUT2D eigenvalue weighted by Crippen LogP contribution is 2.22. The molecule has 3 rings (SSSR count). The number of nitrogens with zero attached hydrogens (tertiary/aromatic N) is 1. The van der Waals surface area contributed by atoms with E-state index in [9.17, 15) is 9.59 Å². The summed E-state index contributed by atoms with van der Waals surface area (Å²) in [7, 11) is 0. The summed E-state index contributed by atoms with van der Waals surface area (Å²) in [4.78, 5) is 28.3. The Morgan fingerprint density at radius 2 is 1.85 bits per heavy atom. The zero-order valence-electron chi connectivity index (χ0n) is 14.9. The number of aryl methyl sites for hydroxylation is 2. The minimum absolute atomic E-state index is 0.0854. The number of nitrogens with one attached hydrogen (secondary N) is 1. The van der Waals surface area contributed by atoms with Crippen LogP contribution in [0.3, 0.4) is 0 Å². The number of rotatable bonds is 5. The van der Waals surface area contributed by atoms with Gasteiger partial charge in [-0.1, -0.05) is 30.3 Å². The van der Waals surface area contributed by atoms with Crippen LogP contribution >= 0.6 is 0 Å². The van der Waals surface area contributed by atoms with E-state index in [1.807, 2.05) is 44.2 Å². The smallest absolute Gasteiger partial charge is 0.248 e. The molecule has 0 saturated heterocycles. The van der Waals surface area contributed by atoms with E-state index in [1.54, 1.807) is 18.2 Å². The van der Waals surface area contributed by atoms with E-state index < -0.39 is 5.91 Å². The van der Waals surface area contributed by atoms with Gasteiger partial charge in [0.25, 0.3) is 0 Å². The molecule has 1 aromatic heterocycles. The monoisotopic (exact) mass is 347 g/mol. The molecule has 2 aromatic carbocycles. The van der Waals surface area contributed by atoms with Gasteiger partial charge in [-0.05, 0) is 48.7 Å². The van der Waals surface area contributed by atoms with Crippen molar-refractivity contribution in [3.8, 4) is 0 Å². The fourth-order valence-corrected chi connectivity index (χ4v) is 3.09. The van der Waals surface area contributed by atoms with Gasteiger partial charge in [-0.3, -0.25) is 14.6 Å². The molecule has 0 radical (unpaired) electrons. The Hall–Kier alpha value is -3.21.